The molecule has 0 bridgehead atoms. The number of likely N-dealkylation sites (N-methyl/N-ethyl adjacent to an activating group) is 1. The van der Waals surface area contributed by atoms with Gasteiger partial charge in [0.25, 0.3) is 0 Å². The predicted molar refractivity (Wildman–Crippen MR) is 107 cm³/mol. The summed E-state index contributed by atoms with van der Waals surface area (Å²) in [6.45, 7) is 1.82. The SMILES string of the molecule is CC(C(=O)Nc1ccc(CC(=O)N(C)C)cc1)C(N)c1ccccc1.Cl. The van der Waals surface area contributed by atoms with Crippen LogP contribution in [0.5, 0.6) is 0 Å². The molecule has 0 aliphatic heterocycles. The Balaban J connectivity index is 0.00000338. The molecule has 2 unspecified atom stereocenters. The maximum atomic E-state index is 12.4. The Kier molecular flexibility index (Phi) is 8.29. The highest BCUT2D eigenvalue weighted by molar-refractivity contribution is 5.93. The zero-order chi connectivity index (χ0) is 18.4. The molecule has 0 aromatic heterocycles. The molecule has 0 spiro atoms. The summed E-state index contributed by atoms with van der Waals surface area (Å²) in [5.74, 6) is -0.454. The molecular formula is C20H26ClN3O2. The lowest BCUT2D eigenvalue weighted by Gasteiger charge is -2.20. The zero-order valence-electron chi connectivity index (χ0n) is 15.3. The van der Waals surface area contributed by atoms with Crippen molar-refractivity contribution in [2.75, 3.05) is 19.4 Å². The molecule has 0 fully saturated rings. The molecule has 0 aliphatic rings. The van der Waals surface area contributed by atoms with Crippen LogP contribution in [0.4, 0.5) is 5.69 Å². The van der Waals surface area contributed by atoms with Gasteiger partial charge in [-0.15, -0.1) is 12.4 Å². The average Bonchev–Trinajstić information content (AvgIpc) is 2.62. The molecule has 0 radical (unpaired) electrons. The van der Waals surface area contributed by atoms with Crippen LogP contribution in [0.25, 0.3) is 0 Å². The summed E-state index contributed by atoms with van der Waals surface area (Å²) < 4.78 is 0. The maximum absolute atomic E-state index is 12.4. The number of carbonyl (C=O) groups is 2. The van der Waals surface area contributed by atoms with Gasteiger partial charge in [-0.1, -0.05) is 49.4 Å². The van der Waals surface area contributed by atoms with Crippen molar-refractivity contribution in [2.45, 2.75) is 19.4 Å². The zero-order valence-corrected chi connectivity index (χ0v) is 16.1. The molecule has 26 heavy (non-hydrogen) atoms. The fraction of sp³-hybridized carbons (Fsp3) is 0.300. The van der Waals surface area contributed by atoms with Gasteiger partial charge < -0.3 is 16.0 Å². The summed E-state index contributed by atoms with van der Waals surface area (Å²) in [5, 5.41) is 2.88. The predicted octanol–water partition coefficient (Wildman–Crippen LogP) is 3.01. The molecule has 0 saturated heterocycles. The lowest BCUT2D eigenvalue weighted by molar-refractivity contribution is -0.128. The minimum absolute atomic E-state index is 0. The molecule has 2 atom stereocenters. The highest BCUT2D eigenvalue weighted by Gasteiger charge is 2.22. The van der Waals surface area contributed by atoms with Crippen LogP contribution in [0.3, 0.4) is 0 Å². The Hall–Kier alpha value is -2.37. The molecule has 6 heteroatoms. The van der Waals surface area contributed by atoms with E-state index in [1.54, 1.807) is 31.1 Å². The summed E-state index contributed by atoms with van der Waals surface area (Å²) in [4.78, 5) is 25.7. The molecule has 140 valence electrons. The minimum Gasteiger partial charge on any atom is -0.349 e. The van der Waals surface area contributed by atoms with Crippen molar-refractivity contribution in [1.29, 1.82) is 0 Å². The summed E-state index contributed by atoms with van der Waals surface area (Å²) in [6, 6.07) is 16.5. The summed E-state index contributed by atoms with van der Waals surface area (Å²) >= 11 is 0. The smallest absolute Gasteiger partial charge is 0.229 e. The second-order valence-electron chi connectivity index (χ2n) is 6.38. The fourth-order valence-corrected chi connectivity index (χ4v) is 2.42. The van der Waals surface area contributed by atoms with Gasteiger partial charge in [-0.05, 0) is 23.3 Å². The number of nitrogens with zero attached hydrogens (tertiary/aromatic N) is 1. The van der Waals surface area contributed by atoms with E-state index in [9.17, 15) is 9.59 Å². The molecular weight excluding hydrogens is 350 g/mol. The van der Waals surface area contributed by atoms with Gasteiger partial charge >= 0.3 is 0 Å². The first-order valence-electron chi connectivity index (χ1n) is 8.29. The second-order valence-corrected chi connectivity index (χ2v) is 6.38. The van der Waals surface area contributed by atoms with Crippen molar-refractivity contribution >= 4 is 29.9 Å². The lowest BCUT2D eigenvalue weighted by atomic mass is 9.94. The average molecular weight is 376 g/mol. The number of hydrogen-bond acceptors (Lipinski definition) is 3. The Morgan fingerprint density at radius 2 is 1.62 bits per heavy atom. The highest BCUT2D eigenvalue weighted by Crippen LogP contribution is 2.21. The van der Waals surface area contributed by atoms with E-state index in [1.165, 1.54) is 0 Å². The molecule has 0 heterocycles. The standard InChI is InChI=1S/C20H25N3O2.ClH/c1-14(19(21)16-7-5-4-6-8-16)20(25)22-17-11-9-15(10-12-17)13-18(24)23(2)3;/h4-12,14,19H,13,21H2,1-3H3,(H,22,25);1H. The van der Waals surface area contributed by atoms with E-state index in [0.717, 1.165) is 11.1 Å². The van der Waals surface area contributed by atoms with Crippen LogP contribution in [0, 0.1) is 5.92 Å². The second kappa shape index (κ2) is 9.94. The van der Waals surface area contributed by atoms with E-state index in [0.29, 0.717) is 12.1 Å². The van der Waals surface area contributed by atoms with E-state index in [2.05, 4.69) is 5.32 Å². The number of nitrogens with two attached hydrogens (primary N) is 1. The third kappa shape index (κ3) is 5.86. The first-order chi connectivity index (χ1) is 11.9. The number of carbonyl (C=O) groups excluding carboxylic acids is 2. The highest BCUT2D eigenvalue weighted by atomic mass is 35.5. The molecule has 2 aromatic rings. The third-order valence-electron chi connectivity index (χ3n) is 4.21. The lowest BCUT2D eigenvalue weighted by Crippen LogP contribution is -2.30. The van der Waals surface area contributed by atoms with Gasteiger partial charge in [0, 0.05) is 25.8 Å². The summed E-state index contributed by atoms with van der Waals surface area (Å²) in [5.41, 5.74) is 8.73. The van der Waals surface area contributed by atoms with Crippen molar-refractivity contribution in [2.24, 2.45) is 11.7 Å². The van der Waals surface area contributed by atoms with Gasteiger partial charge in [0.2, 0.25) is 11.8 Å². The minimum atomic E-state index is -0.364. The molecule has 2 aromatic carbocycles. The maximum Gasteiger partial charge on any atom is 0.229 e. The Morgan fingerprint density at radius 3 is 2.15 bits per heavy atom. The van der Waals surface area contributed by atoms with Crippen molar-refractivity contribution < 1.29 is 9.59 Å². The third-order valence-corrected chi connectivity index (χ3v) is 4.21. The monoisotopic (exact) mass is 375 g/mol. The normalized spacial score (nSPS) is 12.5. The number of amides is 2. The Morgan fingerprint density at radius 1 is 1.04 bits per heavy atom. The van der Waals surface area contributed by atoms with Crippen molar-refractivity contribution in [3.8, 4) is 0 Å². The van der Waals surface area contributed by atoms with E-state index in [4.69, 9.17) is 5.73 Å². The van der Waals surface area contributed by atoms with Crippen LogP contribution in [0.15, 0.2) is 54.6 Å². The quantitative estimate of drug-likeness (QED) is 0.814. The van der Waals surface area contributed by atoms with Crippen LogP contribution >= 0.6 is 12.4 Å². The summed E-state index contributed by atoms with van der Waals surface area (Å²) in [7, 11) is 3.46. The number of anilines is 1. The van der Waals surface area contributed by atoms with Gasteiger partial charge in [0.1, 0.15) is 0 Å². The van der Waals surface area contributed by atoms with Gasteiger partial charge in [-0.3, -0.25) is 9.59 Å². The molecule has 0 saturated carbocycles. The first kappa shape index (κ1) is 21.7. The van der Waals surface area contributed by atoms with Gasteiger partial charge in [-0.2, -0.15) is 0 Å². The van der Waals surface area contributed by atoms with Crippen molar-refractivity contribution in [3.63, 3.8) is 0 Å². The summed E-state index contributed by atoms with van der Waals surface area (Å²) in [6.07, 6.45) is 0.344. The number of benzene rings is 2. The molecule has 3 N–H and O–H groups in total. The Bertz CT molecular complexity index is 718. The van der Waals surface area contributed by atoms with E-state index in [-0.39, 0.29) is 36.2 Å². The van der Waals surface area contributed by atoms with Crippen LogP contribution in [0.1, 0.15) is 24.1 Å². The van der Waals surface area contributed by atoms with Gasteiger partial charge in [0.15, 0.2) is 0 Å². The van der Waals surface area contributed by atoms with E-state index >= 15 is 0 Å². The topological polar surface area (TPSA) is 75.4 Å². The van der Waals surface area contributed by atoms with Crippen LogP contribution < -0.4 is 11.1 Å². The molecule has 2 rings (SSSR count). The van der Waals surface area contributed by atoms with Gasteiger partial charge in [0.05, 0.1) is 12.3 Å². The van der Waals surface area contributed by atoms with Crippen molar-refractivity contribution in [3.05, 3.63) is 65.7 Å². The van der Waals surface area contributed by atoms with Crippen LogP contribution in [-0.2, 0) is 16.0 Å². The number of nitrogens with one attached hydrogen (secondary N) is 1. The van der Waals surface area contributed by atoms with E-state index in [1.807, 2.05) is 49.4 Å². The van der Waals surface area contributed by atoms with Crippen molar-refractivity contribution in [1.82, 2.24) is 4.90 Å². The molecule has 2 amide bonds. The number of halogens is 1. The van der Waals surface area contributed by atoms with Crippen LogP contribution in [0.2, 0.25) is 0 Å². The molecule has 5 nitrogen and oxygen atoms in total. The number of rotatable bonds is 6. The first-order valence-corrected chi connectivity index (χ1v) is 8.29. The number of hydrogen-bond donors (Lipinski definition) is 2. The van der Waals surface area contributed by atoms with Crippen LogP contribution in [-0.4, -0.2) is 30.8 Å². The Labute approximate surface area is 161 Å². The largest absolute Gasteiger partial charge is 0.349 e. The molecule has 0 aliphatic carbocycles. The van der Waals surface area contributed by atoms with E-state index < -0.39 is 0 Å². The fourth-order valence-electron chi connectivity index (χ4n) is 2.42. The van der Waals surface area contributed by atoms with Gasteiger partial charge in [-0.25, -0.2) is 0 Å².